The molecule has 0 saturated heterocycles. The number of rotatable bonds is 4. The van der Waals surface area contributed by atoms with Gasteiger partial charge in [-0.05, 0) is 20.0 Å². The van der Waals surface area contributed by atoms with Crippen LogP contribution < -0.4 is 10.1 Å². The molecule has 0 saturated carbocycles. The third kappa shape index (κ3) is 4.23. The van der Waals surface area contributed by atoms with Gasteiger partial charge >= 0.3 is 12.4 Å². The molecule has 120 valence electrons. The summed E-state index contributed by atoms with van der Waals surface area (Å²) in [6.07, 6.45) is -15.5. The number of halogens is 7. The molecular formula is C12H12F7NO. The summed E-state index contributed by atoms with van der Waals surface area (Å²) in [5.41, 5.74) is -0.143. The lowest BCUT2D eigenvalue weighted by atomic mass is 10.1. The van der Waals surface area contributed by atoms with Crippen LogP contribution in [0.4, 0.5) is 30.7 Å². The Labute approximate surface area is 115 Å². The third-order valence-electron chi connectivity index (χ3n) is 2.73. The summed E-state index contributed by atoms with van der Waals surface area (Å²) in [7, 11) is 1.42. The molecule has 1 unspecified atom stereocenters. The van der Waals surface area contributed by atoms with Gasteiger partial charge in [-0.25, -0.2) is 4.39 Å². The first kappa shape index (κ1) is 17.5. The number of nitrogens with one attached hydrogen (secondary N) is 1. The Bertz CT molecular complexity index is 469. The highest BCUT2D eigenvalue weighted by molar-refractivity contribution is 5.37. The lowest BCUT2D eigenvalue weighted by molar-refractivity contribution is -0.300. The van der Waals surface area contributed by atoms with Crippen molar-refractivity contribution in [3.63, 3.8) is 0 Å². The summed E-state index contributed by atoms with van der Waals surface area (Å²) in [4.78, 5) is 0. The van der Waals surface area contributed by atoms with Gasteiger partial charge in [0, 0.05) is 11.6 Å². The van der Waals surface area contributed by atoms with Crippen LogP contribution in [0.5, 0.6) is 5.75 Å². The van der Waals surface area contributed by atoms with Crippen LogP contribution in [0.1, 0.15) is 18.5 Å². The van der Waals surface area contributed by atoms with E-state index in [1.165, 1.54) is 26.1 Å². The van der Waals surface area contributed by atoms with E-state index in [2.05, 4.69) is 10.1 Å². The van der Waals surface area contributed by atoms with Crippen LogP contribution in [0.2, 0.25) is 0 Å². The lowest BCUT2D eigenvalue weighted by Crippen LogP contribution is -2.47. The van der Waals surface area contributed by atoms with Crippen molar-refractivity contribution < 1.29 is 35.5 Å². The first-order valence-electron chi connectivity index (χ1n) is 5.74. The zero-order valence-electron chi connectivity index (χ0n) is 10.9. The van der Waals surface area contributed by atoms with Crippen molar-refractivity contribution in [2.45, 2.75) is 31.4 Å². The predicted octanol–water partition coefficient (Wildman–Crippen LogP) is 3.98. The zero-order valence-corrected chi connectivity index (χ0v) is 10.9. The fourth-order valence-corrected chi connectivity index (χ4v) is 1.58. The normalized spacial score (nSPS) is 14.4. The smallest absolute Gasteiger partial charge is 0.434 e. The van der Waals surface area contributed by atoms with Crippen molar-refractivity contribution in [3.8, 4) is 5.75 Å². The van der Waals surface area contributed by atoms with E-state index in [0.717, 1.165) is 6.07 Å². The number of hydrogen-bond acceptors (Lipinski definition) is 2. The van der Waals surface area contributed by atoms with Crippen molar-refractivity contribution >= 4 is 0 Å². The molecular weight excluding hydrogens is 307 g/mol. The SMILES string of the molecule is CNC(C)c1cccc(F)c1OC(C(F)(F)F)C(F)(F)F. The molecule has 0 spiro atoms. The van der Waals surface area contributed by atoms with E-state index in [-0.39, 0.29) is 5.56 Å². The van der Waals surface area contributed by atoms with E-state index < -0.39 is 36.1 Å². The van der Waals surface area contributed by atoms with Gasteiger partial charge in [0.1, 0.15) is 0 Å². The van der Waals surface area contributed by atoms with Crippen molar-refractivity contribution in [1.29, 1.82) is 0 Å². The Morgan fingerprint density at radius 2 is 1.57 bits per heavy atom. The van der Waals surface area contributed by atoms with Gasteiger partial charge in [0.2, 0.25) is 0 Å². The molecule has 9 heteroatoms. The standard InChI is InChI=1S/C12H12F7NO/c1-6(20-2)7-4-3-5-8(13)9(7)21-10(11(14,15)16)12(17,18)19/h3-6,10,20H,1-2H3. The minimum absolute atomic E-state index is 0.143. The van der Waals surface area contributed by atoms with Gasteiger partial charge in [-0.3, -0.25) is 0 Å². The average molecular weight is 319 g/mol. The highest BCUT2D eigenvalue weighted by Crippen LogP contribution is 2.39. The fraction of sp³-hybridized carbons (Fsp3) is 0.500. The molecule has 1 atom stereocenters. The maximum Gasteiger partial charge on any atom is 0.434 e. The molecule has 0 heterocycles. The Hall–Kier alpha value is -1.51. The quantitative estimate of drug-likeness (QED) is 0.848. The van der Waals surface area contributed by atoms with Crippen molar-refractivity contribution in [2.75, 3.05) is 7.05 Å². The Kier molecular flexibility index (Phi) is 5.08. The molecule has 0 aliphatic carbocycles. The number of hydrogen-bond donors (Lipinski definition) is 1. The van der Waals surface area contributed by atoms with Crippen molar-refractivity contribution in [2.24, 2.45) is 0 Å². The predicted molar refractivity (Wildman–Crippen MR) is 60.4 cm³/mol. The van der Waals surface area contributed by atoms with Gasteiger partial charge in [-0.15, -0.1) is 0 Å². The van der Waals surface area contributed by atoms with Crippen LogP contribution in [0.25, 0.3) is 0 Å². The highest BCUT2D eigenvalue weighted by Gasteiger charge is 2.59. The summed E-state index contributed by atoms with van der Waals surface area (Å²) in [5, 5.41) is 2.59. The van der Waals surface area contributed by atoms with Crippen molar-refractivity contribution in [1.82, 2.24) is 5.32 Å². The second-order valence-corrected chi connectivity index (χ2v) is 4.25. The van der Waals surface area contributed by atoms with Crippen LogP contribution in [0.15, 0.2) is 18.2 Å². The van der Waals surface area contributed by atoms with Gasteiger partial charge in [0.15, 0.2) is 11.6 Å². The summed E-state index contributed by atoms with van der Waals surface area (Å²) >= 11 is 0. The van der Waals surface area contributed by atoms with E-state index in [1.807, 2.05) is 0 Å². The summed E-state index contributed by atoms with van der Waals surface area (Å²) < 4.78 is 92.3. The molecule has 0 aliphatic heterocycles. The Morgan fingerprint density at radius 3 is 2.00 bits per heavy atom. The minimum Gasteiger partial charge on any atom is -0.468 e. The molecule has 0 radical (unpaired) electrons. The molecule has 0 amide bonds. The van der Waals surface area contributed by atoms with E-state index >= 15 is 0 Å². The van der Waals surface area contributed by atoms with E-state index in [1.54, 1.807) is 0 Å². The molecule has 0 fully saturated rings. The molecule has 0 bridgehead atoms. The molecule has 21 heavy (non-hydrogen) atoms. The molecule has 1 aromatic rings. The molecule has 2 nitrogen and oxygen atoms in total. The number of ether oxygens (including phenoxy) is 1. The van der Waals surface area contributed by atoms with Crippen LogP contribution >= 0.6 is 0 Å². The summed E-state index contributed by atoms with van der Waals surface area (Å²) in [6.45, 7) is 1.44. The third-order valence-corrected chi connectivity index (χ3v) is 2.73. The maximum atomic E-state index is 13.6. The van der Waals surface area contributed by atoms with Gasteiger partial charge in [0.25, 0.3) is 6.10 Å². The number of benzene rings is 1. The monoisotopic (exact) mass is 319 g/mol. The molecule has 1 N–H and O–H groups in total. The van der Waals surface area contributed by atoms with Gasteiger partial charge in [0.05, 0.1) is 0 Å². The minimum atomic E-state index is -5.71. The zero-order chi connectivity index (χ0) is 16.4. The van der Waals surface area contributed by atoms with Crippen molar-refractivity contribution in [3.05, 3.63) is 29.6 Å². The first-order valence-corrected chi connectivity index (χ1v) is 5.74. The van der Waals surface area contributed by atoms with Crippen LogP contribution in [0, 0.1) is 5.82 Å². The molecule has 1 rings (SSSR count). The van der Waals surface area contributed by atoms with Gasteiger partial charge in [-0.1, -0.05) is 12.1 Å². The Balaban J connectivity index is 3.27. The van der Waals surface area contributed by atoms with Crippen LogP contribution in [-0.2, 0) is 0 Å². The Morgan fingerprint density at radius 1 is 1.05 bits per heavy atom. The number of alkyl halides is 6. The van der Waals surface area contributed by atoms with E-state index in [4.69, 9.17) is 0 Å². The average Bonchev–Trinajstić information content (AvgIpc) is 2.33. The maximum absolute atomic E-state index is 13.6. The summed E-state index contributed by atoms with van der Waals surface area (Å²) in [5.74, 6) is -2.37. The van der Waals surface area contributed by atoms with Gasteiger partial charge < -0.3 is 10.1 Å². The summed E-state index contributed by atoms with van der Waals surface area (Å²) in [6, 6.07) is 2.38. The first-order chi connectivity index (χ1) is 9.48. The molecule has 0 aromatic heterocycles. The largest absolute Gasteiger partial charge is 0.468 e. The molecule has 1 aromatic carbocycles. The topological polar surface area (TPSA) is 21.3 Å². The van der Waals surface area contributed by atoms with Crippen LogP contribution in [0.3, 0.4) is 0 Å². The second-order valence-electron chi connectivity index (χ2n) is 4.25. The van der Waals surface area contributed by atoms with Gasteiger partial charge in [-0.2, -0.15) is 26.3 Å². The van der Waals surface area contributed by atoms with Crippen LogP contribution in [-0.4, -0.2) is 25.5 Å². The molecule has 0 aliphatic rings. The van der Waals surface area contributed by atoms with E-state index in [9.17, 15) is 30.7 Å². The second kappa shape index (κ2) is 6.08. The highest BCUT2D eigenvalue weighted by atomic mass is 19.4. The fourth-order valence-electron chi connectivity index (χ4n) is 1.58. The van der Waals surface area contributed by atoms with E-state index in [0.29, 0.717) is 0 Å². The lowest BCUT2D eigenvalue weighted by Gasteiger charge is -2.26. The number of para-hydroxylation sites is 1.